The molecule has 0 fully saturated rings. The summed E-state index contributed by atoms with van der Waals surface area (Å²) in [7, 11) is 0. The molecule has 6 nitrogen and oxygen atoms in total. The summed E-state index contributed by atoms with van der Waals surface area (Å²) >= 11 is 0. The van der Waals surface area contributed by atoms with Gasteiger partial charge >= 0.3 is 5.97 Å². The zero-order valence-corrected chi connectivity index (χ0v) is 15.6. The number of hydrogen-bond donors (Lipinski definition) is 3. The first-order valence-corrected chi connectivity index (χ1v) is 8.88. The van der Waals surface area contributed by atoms with Gasteiger partial charge in [-0.15, -0.1) is 0 Å². The van der Waals surface area contributed by atoms with Gasteiger partial charge in [-0.05, 0) is 23.6 Å². The summed E-state index contributed by atoms with van der Waals surface area (Å²) in [5, 5.41) is 23.9. The number of rotatable bonds is 5. The van der Waals surface area contributed by atoms with Crippen molar-refractivity contribution in [2.45, 2.75) is 19.8 Å². The Morgan fingerprint density at radius 2 is 1.64 bits per heavy atom. The lowest BCUT2D eigenvalue weighted by Crippen LogP contribution is -2.21. The van der Waals surface area contributed by atoms with Gasteiger partial charge in [0, 0.05) is 16.5 Å². The van der Waals surface area contributed by atoms with E-state index in [1.54, 1.807) is 30.3 Å². The zero-order valence-electron chi connectivity index (χ0n) is 15.6. The zero-order chi connectivity index (χ0) is 20.3. The maximum Gasteiger partial charge on any atom is 0.342 e. The Balaban J connectivity index is 1.72. The molecule has 0 saturated heterocycles. The SMILES string of the molecule is CC(C)c1ccccc1NC(=O)COC(=O)c1cc(O)c2ccccc2c1O. The normalized spacial score (nSPS) is 10.8. The summed E-state index contributed by atoms with van der Waals surface area (Å²) < 4.78 is 5.03. The molecule has 3 aromatic carbocycles. The van der Waals surface area contributed by atoms with E-state index >= 15 is 0 Å². The van der Waals surface area contributed by atoms with Crippen LogP contribution in [0, 0.1) is 0 Å². The van der Waals surface area contributed by atoms with Gasteiger partial charge in [-0.25, -0.2) is 4.79 Å². The van der Waals surface area contributed by atoms with E-state index in [1.165, 1.54) is 0 Å². The van der Waals surface area contributed by atoms with Gasteiger partial charge in [-0.1, -0.05) is 56.3 Å². The van der Waals surface area contributed by atoms with Crippen LogP contribution in [0.1, 0.15) is 35.7 Å². The number of phenolic OH excluding ortho intramolecular Hbond substituents is 2. The maximum atomic E-state index is 12.3. The van der Waals surface area contributed by atoms with Gasteiger partial charge in [0.15, 0.2) is 6.61 Å². The molecule has 28 heavy (non-hydrogen) atoms. The molecule has 0 radical (unpaired) electrons. The summed E-state index contributed by atoms with van der Waals surface area (Å²) in [6, 6.07) is 15.1. The molecule has 3 rings (SSSR count). The van der Waals surface area contributed by atoms with Crippen molar-refractivity contribution in [2.75, 3.05) is 11.9 Å². The highest BCUT2D eigenvalue weighted by molar-refractivity contribution is 6.04. The minimum atomic E-state index is -0.897. The monoisotopic (exact) mass is 379 g/mol. The Labute approximate surface area is 162 Å². The summed E-state index contributed by atoms with van der Waals surface area (Å²) in [4.78, 5) is 24.5. The number of ether oxygens (including phenoxy) is 1. The van der Waals surface area contributed by atoms with E-state index in [4.69, 9.17) is 4.74 Å². The molecule has 0 saturated carbocycles. The number of phenols is 2. The maximum absolute atomic E-state index is 12.3. The third kappa shape index (κ3) is 3.91. The van der Waals surface area contributed by atoms with Crippen molar-refractivity contribution in [3.8, 4) is 11.5 Å². The number of anilines is 1. The lowest BCUT2D eigenvalue weighted by molar-refractivity contribution is -0.119. The molecule has 0 bridgehead atoms. The van der Waals surface area contributed by atoms with Crippen molar-refractivity contribution in [1.29, 1.82) is 0 Å². The smallest absolute Gasteiger partial charge is 0.342 e. The molecule has 0 aromatic heterocycles. The molecular weight excluding hydrogens is 358 g/mol. The molecule has 0 aliphatic heterocycles. The molecular formula is C22H21NO5. The number of amides is 1. The standard InChI is InChI=1S/C22H21NO5/c1-13(2)14-7-5-6-10-18(14)23-20(25)12-28-22(27)17-11-19(24)15-8-3-4-9-16(15)21(17)26/h3-11,13,24,26H,12H2,1-2H3,(H,23,25). The average molecular weight is 379 g/mol. The van der Waals surface area contributed by atoms with Crippen LogP contribution in [0.5, 0.6) is 11.5 Å². The van der Waals surface area contributed by atoms with E-state index < -0.39 is 18.5 Å². The van der Waals surface area contributed by atoms with Crippen LogP contribution in [-0.4, -0.2) is 28.7 Å². The van der Waals surface area contributed by atoms with Gasteiger partial charge in [-0.2, -0.15) is 0 Å². The lowest BCUT2D eigenvalue weighted by atomic mass is 10.0. The first-order valence-electron chi connectivity index (χ1n) is 8.88. The second-order valence-electron chi connectivity index (χ2n) is 6.70. The molecule has 0 aliphatic rings. The molecule has 6 heteroatoms. The van der Waals surface area contributed by atoms with Crippen LogP contribution in [0.15, 0.2) is 54.6 Å². The topological polar surface area (TPSA) is 95.9 Å². The van der Waals surface area contributed by atoms with E-state index in [0.29, 0.717) is 16.5 Å². The minimum Gasteiger partial charge on any atom is -0.507 e. The Morgan fingerprint density at radius 3 is 2.36 bits per heavy atom. The van der Waals surface area contributed by atoms with Gasteiger partial charge in [0.25, 0.3) is 5.91 Å². The highest BCUT2D eigenvalue weighted by Crippen LogP contribution is 2.35. The highest BCUT2D eigenvalue weighted by atomic mass is 16.5. The number of para-hydroxylation sites is 1. The minimum absolute atomic E-state index is 0.157. The molecule has 3 aromatic rings. The molecule has 0 heterocycles. The van der Waals surface area contributed by atoms with Gasteiger partial charge in [0.2, 0.25) is 0 Å². The predicted octanol–water partition coefficient (Wildman–Crippen LogP) is 4.17. The van der Waals surface area contributed by atoms with Gasteiger partial charge < -0.3 is 20.3 Å². The average Bonchev–Trinajstić information content (AvgIpc) is 2.69. The molecule has 0 aliphatic carbocycles. The molecule has 0 unspecified atom stereocenters. The summed E-state index contributed by atoms with van der Waals surface area (Å²) in [6.07, 6.45) is 0. The Bertz CT molecular complexity index is 1040. The second-order valence-corrected chi connectivity index (χ2v) is 6.70. The summed E-state index contributed by atoms with van der Waals surface area (Å²) in [6.45, 7) is 3.51. The van der Waals surface area contributed by atoms with Gasteiger partial charge in [-0.3, -0.25) is 4.79 Å². The van der Waals surface area contributed by atoms with Crippen LogP contribution in [0.2, 0.25) is 0 Å². The molecule has 1 amide bonds. The van der Waals surface area contributed by atoms with E-state index in [2.05, 4.69) is 5.32 Å². The van der Waals surface area contributed by atoms with Crippen molar-refractivity contribution >= 4 is 28.3 Å². The largest absolute Gasteiger partial charge is 0.507 e. The first-order chi connectivity index (χ1) is 13.4. The Morgan fingerprint density at radius 1 is 1.00 bits per heavy atom. The number of benzene rings is 3. The van der Waals surface area contributed by atoms with Crippen molar-refractivity contribution in [3.63, 3.8) is 0 Å². The van der Waals surface area contributed by atoms with Crippen LogP contribution in [0.3, 0.4) is 0 Å². The fraction of sp³-hybridized carbons (Fsp3) is 0.182. The molecule has 0 atom stereocenters. The third-order valence-corrected chi connectivity index (χ3v) is 4.41. The number of aromatic hydroxyl groups is 2. The van der Waals surface area contributed by atoms with Crippen molar-refractivity contribution in [1.82, 2.24) is 0 Å². The second kappa shape index (κ2) is 8.00. The van der Waals surface area contributed by atoms with Crippen LogP contribution in [-0.2, 0) is 9.53 Å². The fourth-order valence-corrected chi connectivity index (χ4v) is 3.01. The first kappa shape index (κ1) is 19.2. The highest BCUT2D eigenvalue weighted by Gasteiger charge is 2.19. The van der Waals surface area contributed by atoms with Gasteiger partial charge in [0.05, 0.1) is 0 Å². The molecule has 0 spiro atoms. The quantitative estimate of drug-likeness (QED) is 0.457. The van der Waals surface area contributed by atoms with E-state index in [-0.39, 0.29) is 23.0 Å². The lowest BCUT2D eigenvalue weighted by Gasteiger charge is -2.14. The Kier molecular flexibility index (Phi) is 5.49. The molecule has 3 N–H and O–H groups in total. The van der Waals surface area contributed by atoms with E-state index in [9.17, 15) is 19.8 Å². The number of carbonyl (C=O) groups is 2. The van der Waals surface area contributed by atoms with Crippen molar-refractivity contribution < 1.29 is 24.5 Å². The number of nitrogens with one attached hydrogen (secondary N) is 1. The number of fused-ring (bicyclic) bond motifs is 1. The van der Waals surface area contributed by atoms with Crippen LogP contribution in [0.25, 0.3) is 10.8 Å². The van der Waals surface area contributed by atoms with Crippen LogP contribution >= 0.6 is 0 Å². The third-order valence-electron chi connectivity index (χ3n) is 4.41. The number of esters is 1. The predicted molar refractivity (Wildman–Crippen MR) is 107 cm³/mol. The number of hydrogen-bond acceptors (Lipinski definition) is 5. The Hall–Kier alpha value is -3.54. The summed E-state index contributed by atoms with van der Waals surface area (Å²) in [5.41, 5.74) is 1.43. The van der Waals surface area contributed by atoms with Crippen molar-refractivity contribution in [2.24, 2.45) is 0 Å². The van der Waals surface area contributed by atoms with E-state index in [0.717, 1.165) is 11.6 Å². The van der Waals surface area contributed by atoms with Crippen molar-refractivity contribution in [3.05, 3.63) is 65.7 Å². The summed E-state index contributed by atoms with van der Waals surface area (Å²) in [5.74, 6) is -1.63. The van der Waals surface area contributed by atoms with Crippen LogP contribution in [0.4, 0.5) is 5.69 Å². The fourth-order valence-electron chi connectivity index (χ4n) is 3.01. The van der Waals surface area contributed by atoms with Gasteiger partial charge in [0.1, 0.15) is 17.1 Å². The van der Waals surface area contributed by atoms with E-state index in [1.807, 2.05) is 32.0 Å². The molecule has 144 valence electrons. The number of carbonyl (C=O) groups excluding carboxylic acids is 2. The van der Waals surface area contributed by atoms with Crippen LogP contribution < -0.4 is 5.32 Å².